The average Bonchev–Trinajstić information content (AvgIpc) is 3.17. The van der Waals surface area contributed by atoms with E-state index in [-0.39, 0.29) is 5.95 Å². The molecule has 0 aliphatic carbocycles. The van der Waals surface area contributed by atoms with Crippen molar-refractivity contribution in [3.63, 3.8) is 0 Å². The number of nitrogen functional groups attached to an aromatic ring is 1. The van der Waals surface area contributed by atoms with Crippen LogP contribution in [0.4, 0.5) is 28.8 Å². The number of imidazole rings is 1. The van der Waals surface area contributed by atoms with Gasteiger partial charge in [0.2, 0.25) is 5.95 Å². The summed E-state index contributed by atoms with van der Waals surface area (Å²) in [5.41, 5.74) is 13.2. The van der Waals surface area contributed by atoms with Gasteiger partial charge in [-0.2, -0.15) is 4.98 Å². The molecule has 3 heterocycles. The van der Waals surface area contributed by atoms with E-state index < -0.39 is 0 Å². The predicted octanol–water partition coefficient (Wildman–Crippen LogP) is 5.10. The fourth-order valence-electron chi connectivity index (χ4n) is 3.53. The first kappa shape index (κ1) is 19.5. The van der Waals surface area contributed by atoms with Gasteiger partial charge < -0.3 is 21.4 Å². The maximum absolute atomic E-state index is 5.74. The molecule has 158 valence electrons. The zero-order valence-electron chi connectivity index (χ0n) is 17.7. The number of aromatic amines is 1. The minimum atomic E-state index is 0.243. The zero-order valence-corrected chi connectivity index (χ0v) is 17.7. The number of rotatable bonds is 5. The molecule has 0 saturated heterocycles. The lowest BCUT2D eigenvalue weighted by atomic mass is 10.2. The van der Waals surface area contributed by atoms with Gasteiger partial charge in [-0.05, 0) is 68.4 Å². The summed E-state index contributed by atoms with van der Waals surface area (Å²) in [6.07, 6.45) is 1.80. The van der Waals surface area contributed by atoms with Gasteiger partial charge in [-0.3, -0.25) is 4.98 Å². The lowest BCUT2D eigenvalue weighted by molar-refractivity contribution is 1.12. The lowest BCUT2D eigenvalue weighted by Gasteiger charge is -2.07. The summed E-state index contributed by atoms with van der Waals surface area (Å²) in [6.45, 7) is 3.85. The summed E-state index contributed by atoms with van der Waals surface area (Å²) in [6, 6.07) is 19.9. The fraction of sp³-hybridized carbons (Fsp3) is 0.0833. The fourth-order valence-corrected chi connectivity index (χ4v) is 3.53. The van der Waals surface area contributed by atoms with Gasteiger partial charge in [0.15, 0.2) is 0 Å². The van der Waals surface area contributed by atoms with Crippen molar-refractivity contribution in [2.24, 2.45) is 0 Å². The third-order valence-electron chi connectivity index (χ3n) is 4.97. The molecule has 5 rings (SSSR count). The van der Waals surface area contributed by atoms with Gasteiger partial charge >= 0.3 is 0 Å². The molecular formula is C24H22N8. The molecular weight excluding hydrogens is 400 g/mol. The number of nitrogens with two attached hydrogens (primary N) is 1. The molecule has 0 amide bonds. The number of aryl methyl sites for hydroxylation is 2. The number of anilines is 5. The van der Waals surface area contributed by atoms with Crippen molar-refractivity contribution in [2.75, 3.05) is 16.4 Å². The minimum Gasteiger partial charge on any atom is -0.368 e. The highest BCUT2D eigenvalue weighted by Crippen LogP contribution is 2.26. The van der Waals surface area contributed by atoms with E-state index in [9.17, 15) is 0 Å². The molecule has 0 radical (unpaired) electrons. The van der Waals surface area contributed by atoms with Gasteiger partial charge in [0.05, 0.1) is 11.0 Å². The normalized spacial score (nSPS) is 10.9. The van der Waals surface area contributed by atoms with E-state index in [0.717, 1.165) is 50.9 Å². The van der Waals surface area contributed by atoms with E-state index in [2.05, 4.69) is 30.6 Å². The van der Waals surface area contributed by atoms with Gasteiger partial charge in [0.1, 0.15) is 11.6 Å². The van der Waals surface area contributed by atoms with Crippen LogP contribution >= 0.6 is 0 Å². The van der Waals surface area contributed by atoms with Gasteiger partial charge in [-0.25, -0.2) is 9.97 Å². The number of aromatic nitrogens is 5. The molecule has 0 aliphatic heterocycles. The molecule has 5 N–H and O–H groups in total. The van der Waals surface area contributed by atoms with E-state index in [0.29, 0.717) is 5.82 Å². The molecule has 5 aromatic rings. The number of hydrogen-bond acceptors (Lipinski definition) is 7. The topological polar surface area (TPSA) is 117 Å². The molecule has 8 nitrogen and oxygen atoms in total. The van der Waals surface area contributed by atoms with Crippen molar-refractivity contribution >= 4 is 39.9 Å². The maximum Gasteiger partial charge on any atom is 0.222 e. The lowest BCUT2D eigenvalue weighted by Crippen LogP contribution is -2.01. The van der Waals surface area contributed by atoms with Crippen molar-refractivity contribution in [2.45, 2.75) is 13.8 Å². The van der Waals surface area contributed by atoms with E-state index in [1.165, 1.54) is 0 Å². The van der Waals surface area contributed by atoms with Crippen LogP contribution in [-0.2, 0) is 0 Å². The van der Waals surface area contributed by atoms with Crippen LogP contribution < -0.4 is 16.4 Å². The third-order valence-corrected chi connectivity index (χ3v) is 4.97. The van der Waals surface area contributed by atoms with Gasteiger partial charge in [0.25, 0.3) is 0 Å². The van der Waals surface area contributed by atoms with E-state index in [1.54, 1.807) is 6.20 Å². The molecule has 0 aliphatic rings. The summed E-state index contributed by atoms with van der Waals surface area (Å²) in [7, 11) is 0. The number of benzene rings is 2. The van der Waals surface area contributed by atoms with Crippen LogP contribution in [0.15, 0.2) is 66.9 Å². The Morgan fingerprint density at radius 3 is 2.31 bits per heavy atom. The number of H-pyrrole nitrogens is 1. The molecule has 0 unspecified atom stereocenters. The van der Waals surface area contributed by atoms with Crippen LogP contribution in [0.3, 0.4) is 0 Å². The molecule has 3 aromatic heterocycles. The molecule has 2 aromatic carbocycles. The Balaban J connectivity index is 1.36. The monoisotopic (exact) mass is 422 g/mol. The standard InChI is InChI=1S/C24H22N8/c1-14-11-19(9-10-26-14)28-17-5-3-16(4-6-17)23-30-20-8-7-18(13-21(20)31-23)29-22-12-15(2)27-24(25)32-22/h3-13H,1-2H3,(H,26,28)(H,30,31)(H3,25,27,29,32). The zero-order chi connectivity index (χ0) is 22.1. The Bertz CT molecular complexity index is 1390. The summed E-state index contributed by atoms with van der Waals surface area (Å²) >= 11 is 0. The van der Waals surface area contributed by atoms with Crippen molar-refractivity contribution in [3.05, 3.63) is 78.2 Å². The Hall–Kier alpha value is -4.46. The van der Waals surface area contributed by atoms with Crippen molar-refractivity contribution < 1.29 is 0 Å². The highest BCUT2D eigenvalue weighted by molar-refractivity contribution is 5.83. The summed E-state index contributed by atoms with van der Waals surface area (Å²) in [4.78, 5) is 20.7. The Morgan fingerprint density at radius 1 is 0.750 bits per heavy atom. The molecule has 0 fully saturated rings. The largest absolute Gasteiger partial charge is 0.368 e. The van der Waals surface area contributed by atoms with Crippen molar-refractivity contribution in [1.29, 1.82) is 0 Å². The van der Waals surface area contributed by atoms with Gasteiger partial charge in [-0.15, -0.1) is 0 Å². The second kappa shape index (κ2) is 7.99. The first-order chi connectivity index (χ1) is 15.5. The van der Waals surface area contributed by atoms with Gasteiger partial charge in [0, 0.05) is 46.3 Å². The third kappa shape index (κ3) is 4.20. The first-order valence-corrected chi connectivity index (χ1v) is 10.2. The van der Waals surface area contributed by atoms with E-state index in [4.69, 9.17) is 10.7 Å². The van der Waals surface area contributed by atoms with Crippen molar-refractivity contribution in [3.8, 4) is 11.4 Å². The van der Waals surface area contributed by atoms with Crippen LogP contribution in [-0.4, -0.2) is 24.9 Å². The molecule has 0 spiro atoms. The summed E-state index contributed by atoms with van der Waals surface area (Å²) < 4.78 is 0. The number of nitrogens with one attached hydrogen (secondary N) is 3. The van der Waals surface area contributed by atoms with Gasteiger partial charge in [-0.1, -0.05) is 0 Å². The number of fused-ring (bicyclic) bond motifs is 1. The minimum absolute atomic E-state index is 0.243. The summed E-state index contributed by atoms with van der Waals surface area (Å²) in [5, 5.41) is 6.65. The Morgan fingerprint density at radius 2 is 1.53 bits per heavy atom. The average molecular weight is 422 g/mol. The summed E-state index contributed by atoms with van der Waals surface area (Å²) in [5.74, 6) is 1.70. The van der Waals surface area contributed by atoms with E-state index >= 15 is 0 Å². The molecule has 0 atom stereocenters. The molecule has 0 bridgehead atoms. The first-order valence-electron chi connectivity index (χ1n) is 10.2. The maximum atomic E-state index is 5.74. The molecule has 0 saturated carbocycles. The number of nitrogens with zero attached hydrogens (tertiary/aromatic N) is 4. The predicted molar refractivity (Wildman–Crippen MR) is 128 cm³/mol. The SMILES string of the molecule is Cc1cc(Nc2ccc(-c3nc4cc(Nc5cc(C)nc(N)n5)ccc4[nH]3)cc2)ccn1. The molecule has 8 heteroatoms. The second-order valence-electron chi connectivity index (χ2n) is 7.58. The second-order valence-corrected chi connectivity index (χ2v) is 7.58. The van der Waals surface area contributed by atoms with Crippen LogP contribution in [0.5, 0.6) is 0 Å². The van der Waals surface area contributed by atoms with Crippen LogP contribution in [0.25, 0.3) is 22.4 Å². The van der Waals surface area contributed by atoms with Crippen LogP contribution in [0.2, 0.25) is 0 Å². The highest BCUT2D eigenvalue weighted by atomic mass is 15.1. The van der Waals surface area contributed by atoms with Crippen LogP contribution in [0.1, 0.15) is 11.4 Å². The van der Waals surface area contributed by atoms with Crippen molar-refractivity contribution in [1.82, 2.24) is 24.9 Å². The smallest absolute Gasteiger partial charge is 0.222 e. The number of pyridine rings is 1. The highest BCUT2D eigenvalue weighted by Gasteiger charge is 2.08. The van der Waals surface area contributed by atoms with Crippen LogP contribution in [0, 0.1) is 13.8 Å². The van der Waals surface area contributed by atoms with E-state index in [1.807, 2.05) is 74.5 Å². The Labute approximate surface area is 185 Å². The molecule has 32 heavy (non-hydrogen) atoms. The number of hydrogen-bond donors (Lipinski definition) is 4. The Kier molecular flexibility index (Phi) is 4.87. The quantitative estimate of drug-likeness (QED) is 0.311.